The van der Waals surface area contributed by atoms with Crippen molar-refractivity contribution < 1.29 is 18.0 Å². The number of nitrogens with zero attached hydrogens (tertiary/aromatic N) is 3. The van der Waals surface area contributed by atoms with Crippen LogP contribution in [0.25, 0.3) is 10.6 Å². The maximum Gasteiger partial charge on any atom is 0.416 e. The zero-order valence-electron chi connectivity index (χ0n) is 15.5. The maximum absolute atomic E-state index is 13.1. The van der Waals surface area contributed by atoms with Gasteiger partial charge in [-0.05, 0) is 42.3 Å². The number of halogens is 4. The fraction of sp³-hybridized carbons (Fsp3) is 0.200. The van der Waals surface area contributed by atoms with Crippen LogP contribution in [0.15, 0.2) is 46.9 Å². The summed E-state index contributed by atoms with van der Waals surface area (Å²) in [6.45, 7) is 1.37. The Morgan fingerprint density at radius 3 is 2.53 bits per heavy atom. The smallest absolute Gasteiger partial charge is 0.347 e. The molecule has 1 atom stereocenters. The molecule has 1 aromatic heterocycles. The number of nitriles is 1. The number of aromatic nitrogens is 2. The van der Waals surface area contributed by atoms with Gasteiger partial charge in [-0.2, -0.15) is 18.4 Å². The minimum atomic E-state index is -4.49. The fourth-order valence-corrected chi connectivity index (χ4v) is 4.14. The molecule has 5 nitrogen and oxygen atoms in total. The molecule has 154 valence electrons. The SMILES string of the molecule is CC(=O)NC(Cc1ccc(C#N)cc1)c1nnc(-c2cc(Br)cc(C(F)(F)F)c2)s1. The summed E-state index contributed by atoms with van der Waals surface area (Å²) in [6, 6.07) is 12.0. The number of nitrogens with one attached hydrogen (secondary N) is 1. The highest BCUT2D eigenvalue weighted by Crippen LogP contribution is 2.36. The van der Waals surface area contributed by atoms with Crippen molar-refractivity contribution in [3.63, 3.8) is 0 Å². The highest BCUT2D eigenvalue weighted by Gasteiger charge is 2.31. The molecule has 3 aromatic rings. The van der Waals surface area contributed by atoms with E-state index >= 15 is 0 Å². The molecule has 2 aromatic carbocycles. The van der Waals surface area contributed by atoms with Crippen LogP contribution >= 0.6 is 27.3 Å². The van der Waals surface area contributed by atoms with Crippen molar-refractivity contribution in [3.05, 3.63) is 68.6 Å². The van der Waals surface area contributed by atoms with Gasteiger partial charge in [0.2, 0.25) is 5.91 Å². The zero-order chi connectivity index (χ0) is 21.9. The summed E-state index contributed by atoms with van der Waals surface area (Å²) in [5.74, 6) is -0.271. The molecule has 3 rings (SSSR count). The van der Waals surface area contributed by atoms with Crippen molar-refractivity contribution in [2.45, 2.75) is 25.6 Å². The summed E-state index contributed by atoms with van der Waals surface area (Å²) in [5, 5.41) is 20.6. The van der Waals surface area contributed by atoms with Gasteiger partial charge in [-0.25, -0.2) is 0 Å². The van der Waals surface area contributed by atoms with E-state index in [4.69, 9.17) is 5.26 Å². The average Bonchev–Trinajstić information content (AvgIpc) is 3.17. The maximum atomic E-state index is 13.1. The molecule has 0 aliphatic heterocycles. The van der Waals surface area contributed by atoms with Crippen molar-refractivity contribution in [1.29, 1.82) is 5.26 Å². The molecule has 0 saturated heterocycles. The quantitative estimate of drug-likeness (QED) is 0.523. The van der Waals surface area contributed by atoms with Gasteiger partial charge in [0.25, 0.3) is 0 Å². The summed E-state index contributed by atoms with van der Waals surface area (Å²) in [7, 11) is 0. The molecule has 1 heterocycles. The number of alkyl halides is 3. The van der Waals surface area contributed by atoms with Crippen LogP contribution in [0.2, 0.25) is 0 Å². The molecule has 0 aliphatic rings. The third-order valence-corrected chi connectivity index (χ3v) is 5.65. The van der Waals surface area contributed by atoms with Crippen LogP contribution in [0.1, 0.15) is 34.7 Å². The fourth-order valence-electron chi connectivity index (χ4n) is 2.77. The summed E-state index contributed by atoms with van der Waals surface area (Å²) in [4.78, 5) is 11.7. The minimum absolute atomic E-state index is 0.271. The summed E-state index contributed by atoms with van der Waals surface area (Å²) in [5.41, 5.74) is 0.870. The number of amides is 1. The molecule has 1 unspecified atom stereocenters. The van der Waals surface area contributed by atoms with Crippen LogP contribution in [-0.2, 0) is 17.4 Å². The standard InChI is InChI=1S/C20H14BrF3N4OS/c1-11(29)26-17(6-12-2-4-13(10-25)5-3-12)19-28-27-18(30-19)14-7-15(20(22,23)24)9-16(21)8-14/h2-5,7-9,17H,6H2,1H3,(H,26,29). The van der Waals surface area contributed by atoms with Crippen LogP contribution < -0.4 is 5.32 Å². The topological polar surface area (TPSA) is 78.7 Å². The first-order valence-electron chi connectivity index (χ1n) is 8.63. The van der Waals surface area contributed by atoms with E-state index in [0.29, 0.717) is 22.0 Å². The molecule has 0 spiro atoms. The van der Waals surface area contributed by atoms with E-state index in [1.54, 1.807) is 24.3 Å². The molecule has 30 heavy (non-hydrogen) atoms. The van der Waals surface area contributed by atoms with Crippen LogP contribution in [0.3, 0.4) is 0 Å². The number of carbonyl (C=O) groups is 1. The minimum Gasteiger partial charge on any atom is -0.347 e. The second kappa shape index (κ2) is 8.93. The Morgan fingerprint density at radius 2 is 1.93 bits per heavy atom. The Morgan fingerprint density at radius 1 is 1.23 bits per heavy atom. The lowest BCUT2D eigenvalue weighted by Crippen LogP contribution is -2.27. The monoisotopic (exact) mass is 494 g/mol. The third-order valence-electron chi connectivity index (χ3n) is 4.11. The van der Waals surface area contributed by atoms with E-state index < -0.39 is 17.8 Å². The molecule has 10 heteroatoms. The van der Waals surface area contributed by atoms with Gasteiger partial charge in [0.05, 0.1) is 23.2 Å². The molecule has 0 saturated carbocycles. The van der Waals surface area contributed by atoms with Crippen LogP contribution in [0.4, 0.5) is 13.2 Å². The third kappa shape index (κ3) is 5.43. The normalized spacial score (nSPS) is 12.3. The van der Waals surface area contributed by atoms with Crippen molar-refractivity contribution in [1.82, 2.24) is 15.5 Å². The van der Waals surface area contributed by atoms with Gasteiger partial charge in [-0.15, -0.1) is 10.2 Å². The number of benzene rings is 2. The van der Waals surface area contributed by atoms with Gasteiger partial charge in [0.15, 0.2) is 0 Å². The van der Waals surface area contributed by atoms with Crippen molar-refractivity contribution >= 4 is 33.2 Å². The molecule has 1 amide bonds. The molecule has 0 bridgehead atoms. The van der Waals surface area contributed by atoms with Gasteiger partial charge >= 0.3 is 6.18 Å². The average molecular weight is 495 g/mol. The van der Waals surface area contributed by atoms with Crippen molar-refractivity contribution in [2.75, 3.05) is 0 Å². The number of rotatable bonds is 5. The molecular weight excluding hydrogens is 481 g/mol. The van der Waals surface area contributed by atoms with Crippen LogP contribution in [-0.4, -0.2) is 16.1 Å². The van der Waals surface area contributed by atoms with Crippen LogP contribution in [0, 0.1) is 11.3 Å². The van der Waals surface area contributed by atoms with E-state index in [-0.39, 0.29) is 15.9 Å². The second-order valence-corrected chi connectivity index (χ2v) is 8.36. The number of hydrogen-bond acceptors (Lipinski definition) is 5. The number of hydrogen-bond donors (Lipinski definition) is 1. The summed E-state index contributed by atoms with van der Waals surface area (Å²) in [6.07, 6.45) is -4.09. The van der Waals surface area contributed by atoms with E-state index in [9.17, 15) is 18.0 Å². The first-order chi connectivity index (χ1) is 14.2. The van der Waals surface area contributed by atoms with E-state index in [2.05, 4.69) is 31.4 Å². The summed E-state index contributed by atoms with van der Waals surface area (Å²) >= 11 is 4.22. The summed E-state index contributed by atoms with van der Waals surface area (Å²) < 4.78 is 39.6. The van der Waals surface area contributed by atoms with E-state index in [1.165, 1.54) is 13.0 Å². The zero-order valence-corrected chi connectivity index (χ0v) is 17.9. The predicted molar refractivity (Wildman–Crippen MR) is 109 cm³/mol. The lowest BCUT2D eigenvalue weighted by atomic mass is 10.0. The highest BCUT2D eigenvalue weighted by atomic mass is 79.9. The lowest BCUT2D eigenvalue weighted by Gasteiger charge is -2.15. The van der Waals surface area contributed by atoms with E-state index in [1.807, 2.05) is 6.07 Å². The van der Waals surface area contributed by atoms with Gasteiger partial charge < -0.3 is 5.32 Å². The van der Waals surface area contributed by atoms with Crippen molar-refractivity contribution in [3.8, 4) is 16.6 Å². The van der Waals surface area contributed by atoms with Gasteiger partial charge in [-0.3, -0.25) is 4.79 Å². The largest absolute Gasteiger partial charge is 0.416 e. The van der Waals surface area contributed by atoms with E-state index in [0.717, 1.165) is 29.0 Å². The Balaban J connectivity index is 1.91. The molecule has 0 aliphatic carbocycles. The van der Waals surface area contributed by atoms with Gasteiger partial charge in [-0.1, -0.05) is 39.4 Å². The van der Waals surface area contributed by atoms with Crippen LogP contribution in [0.5, 0.6) is 0 Å². The predicted octanol–water partition coefficient (Wildman–Crippen LogP) is 5.28. The lowest BCUT2D eigenvalue weighted by molar-refractivity contribution is -0.137. The molecular formula is C20H14BrF3N4OS. The highest BCUT2D eigenvalue weighted by molar-refractivity contribution is 9.10. The Kier molecular flexibility index (Phi) is 6.53. The first kappa shape index (κ1) is 21.9. The molecule has 1 N–H and O–H groups in total. The van der Waals surface area contributed by atoms with Gasteiger partial charge in [0, 0.05) is 17.0 Å². The van der Waals surface area contributed by atoms with Gasteiger partial charge in [0.1, 0.15) is 10.0 Å². The molecule has 0 radical (unpaired) electrons. The second-order valence-electron chi connectivity index (χ2n) is 6.44. The van der Waals surface area contributed by atoms with Crippen molar-refractivity contribution in [2.24, 2.45) is 0 Å². The first-order valence-corrected chi connectivity index (χ1v) is 10.2. The Labute approximate surface area is 182 Å². The Hall–Kier alpha value is -2.77. The Bertz CT molecular complexity index is 1110. The molecule has 0 fully saturated rings. The number of carbonyl (C=O) groups excluding carboxylic acids is 1.